The molecule has 0 saturated heterocycles. The molecule has 0 aliphatic rings. The van der Waals surface area contributed by atoms with Crippen LogP contribution in [0.4, 0.5) is 5.69 Å². The van der Waals surface area contributed by atoms with Gasteiger partial charge in [-0.2, -0.15) is 0 Å². The Morgan fingerprint density at radius 3 is 2.70 bits per heavy atom. The first-order valence-electron chi connectivity index (χ1n) is 6.83. The average molecular weight is 287 g/mol. The van der Waals surface area contributed by atoms with E-state index in [0.717, 1.165) is 35.8 Å². The molecule has 0 aliphatic heterocycles. The molecule has 0 aromatic heterocycles. The van der Waals surface area contributed by atoms with E-state index in [1.165, 1.54) is 10.5 Å². The number of nitrogen functional groups attached to an aromatic ring is 1. The molecule has 0 aliphatic carbocycles. The summed E-state index contributed by atoms with van der Waals surface area (Å²) in [4.78, 5) is 1.27. The molecule has 3 heteroatoms. The fourth-order valence-corrected chi connectivity index (χ4v) is 2.80. The van der Waals surface area contributed by atoms with Crippen molar-refractivity contribution >= 4 is 17.4 Å². The van der Waals surface area contributed by atoms with Crippen LogP contribution in [0.5, 0.6) is 5.75 Å². The second-order valence-electron chi connectivity index (χ2n) is 4.89. The molecule has 2 N–H and O–H groups in total. The van der Waals surface area contributed by atoms with Crippen LogP contribution in [0, 0.1) is 13.8 Å². The maximum Gasteiger partial charge on any atom is 0.119 e. The number of rotatable bonds is 6. The number of anilines is 1. The summed E-state index contributed by atoms with van der Waals surface area (Å²) >= 11 is 1.85. The van der Waals surface area contributed by atoms with Crippen LogP contribution in [0.2, 0.25) is 0 Å². The van der Waals surface area contributed by atoms with Crippen molar-refractivity contribution in [3.05, 3.63) is 53.6 Å². The molecule has 2 nitrogen and oxygen atoms in total. The van der Waals surface area contributed by atoms with Crippen molar-refractivity contribution in [1.82, 2.24) is 0 Å². The lowest BCUT2D eigenvalue weighted by molar-refractivity contribution is 0.318. The third kappa shape index (κ3) is 4.49. The van der Waals surface area contributed by atoms with E-state index in [1.807, 2.05) is 36.9 Å². The maximum absolute atomic E-state index is 5.81. The van der Waals surface area contributed by atoms with Gasteiger partial charge >= 0.3 is 0 Å². The van der Waals surface area contributed by atoms with Crippen LogP contribution in [-0.4, -0.2) is 12.4 Å². The number of benzene rings is 2. The second kappa shape index (κ2) is 7.25. The van der Waals surface area contributed by atoms with Crippen LogP contribution < -0.4 is 10.5 Å². The van der Waals surface area contributed by atoms with Gasteiger partial charge in [0.05, 0.1) is 6.61 Å². The Kier molecular flexibility index (Phi) is 5.36. The molecule has 2 aromatic rings. The molecule has 0 heterocycles. The standard InChI is InChI=1S/C17H21NOS/c1-13-5-3-6-15(11-13)19-9-4-10-20-16-7-8-17(18)14(2)12-16/h3,5-8,11-12H,4,9-10,18H2,1-2H3. The minimum Gasteiger partial charge on any atom is -0.494 e. The van der Waals surface area contributed by atoms with E-state index in [4.69, 9.17) is 10.5 Å². The molecule has 0 saturated carbocycles. The van der Waals surface area contributed by atoms with Crippen molar-refractivity contribution in [3.63, 3.8) is 0 Å². The summed E-state index contributed by atoms with van der Waals surface area (Å²) in [6, 6.07) is 14.4. The Bertz CT molecular complexity index is 569. The molecule has 0 radical (unpaired) electrons. The van der Waals surface area contributed by atoms with Gasteiger partial charge in [0.25, 0.3) is 0 Å². The number of hydrogen-bond acceptors (Lipinski definition) is 3. The molecule has 0 bridgehead atoms. The third-order valence-corrected chi connectivity index (χ3v) is 4.14. The van der Waals surface area contributed by atoms with E-state index in [2.05, 4.69) is 31.2 Å². The summed E-state index contributed by atoms with van der Waals surface area (Å²) in [5.41, 5.74) is 9.05. The van der Waals surface area contributed by atoms with Gasteiger partial charge in [0.2, 0.25) is 0 Å². The molecule has 0 spiro atoms. The first-order valence-corrected chi connectivity index (χ1v) is 7.82. The van der Waals surface area contributed by atoms with E-state index < -0.39 is 0 Å². The SMILES string of the molecule is Cc1cccc(OCCCSc2ccc(N)c(C)c2)c1. The summed E-state index contributed by atoms with van der Waals surface area (Å²) in [6.07, 6.45) is 1.03. The van der Waals surface area contributed by atoms with Crippen LogP contribution in [0.25, 0.3) is 0 Å². The lowest BCUT2D eigenvalue weighted by Crippen LogP contribution is -1.98. The number of nitrogens with two attached hydrogens (primary N) is 1. The van der Waals surface area contributed by atoms with Gasteiger partial charge in [-0.15, -0.1) is 11.8 Å². The summed E-state index contributed by atoms with van der Waals surface area (Å²) in [5, 5.41) is 0. The summed E-state index contributed by atoms with van der Waals surface area (Å²) < 4.78 is 5.73. The highest BCUT2D eigenvalue weighted by molar-refractivity contribution is 7.99. The van der Waals surface area contributed by atoms with E-state index in [9.17, 15) is 0 Å². The van der Waals surface area contributed by atoms with E-state index in [0.29, 0.717) is 0 Å². The van der Waals surface area contributed by atoms with Gasteiger partial charge in [-0.25, -0.2) is 0 Å². The minimum absolute atomic E-state index is 0.754. The molecular formula is C17H21NOS. The Morgan fingerprint density at radius 2 is 1.95 bits per heavy atom. The van der Waals surface area contributed by atoms with Crippen LogP contribution in [-0.2, 0) is 0 Å². The lowest BCUT2D eigenvalue weighted by atomic mass is 10.2. The zero-order valence-electron chi connectivity index (χ0n) is 12.1. The van der Waals surface area contributed by atoms with Crippen LogP contribution >= 0.6 is 11.8 Å². The highest BCUT2D eigenvalue weighted by Gasteiger charge is 1.99. The quantitative estimate of drug-likeness (QED) is 0.484. The van der Waals surface area contributed by atoms with Gasteiger partial charge in [-0.05, 0) is 61.7 Å². The van der Waals surface area contributed by atoms with Crippen LogP contribution in [0.15, 0.2) is 47.4 Å². The molecule has 0 amide bonds. The van der Waals surface area contributed by atoms with Crippen molar-refractivity contribution in [2.45, 2.75) is 25.2 Å². The van der Waals surface area contributed by atoms with Crippen molar-refractivity contribution < 1.29 is 4.74 Å². The number of aryl methyl sites for hydroxylation is 2. The summed E-state index contributed by atoms with van der Waals surface area (Å²) in [5.74, 6) is 2.01. The van der Waals surface area contributed by atoms with E-state index in [-0.39, 0.29) is 0 Å². The fraction of sp³-hybridized carbons (Fsp3) is 0.294. The molecule has 0 unspecified atom stereocenters. The predicted molar refractivity (Wildman–Crippen MR) is 87.6 cm³/mol. The zero-order valence-corrected chi connectivity index (χ0v) is 12.9. The molecule has 2 aromatic carbocycles. The highest BCUT2D eigenvalue weighted by Crippen LogP contribution is 2.23. The smallest absolute Gasteiger partial charge is 0.119 e. The van der Waals surface area contributed by atoms with Gasteiger partial charge < -0.3 is 10.5 Å². The van der Waals surface area contributed by atoms with Crippen molar-refractivity contribution in [3.8, 4) is 5.75 Å². The molecule has 0 atom stereocenters. The monoisotopic (exact) mass is 287 g/mol. The Labute approximate surface area is 125 Å². The molecular weight excluding hydrogens is 266 g/mol. The number of ether oxygens (including phenoxy) is 1. The predicted octanol–water partition coefficient (Wildman–Crippen LogP) is 4.45. The summed E-state index contributed by atoms with van der Waals surface area (Å²) in [7, 11) is 0. The largest absolute Gasteiger partial charge is 0.494 e. The van der Waals surface area contributed by atoms with Crippen molar-refractivity contribution in [2.75, 3.05) is 18.1 Å². The Balaban J connectivity index is 1.70. The van der Waals surface area contributed by atoms with Crippen LogP contribution in [0.1, 0.15) is 17.5 Å². The van der Waals surface area contributed by atoms with E-state index in [1.54, 1.807) is 0 Å². The number of hydrogen-bond donors (Lipinski definition) is 1. The molecule has 20 heavy (non-hydrogen) atoms. The lowest BCUT2D eigenvalue weighted by Gasteiger charge is -2.07. The first kappa shape index (κ1) is 14.8. The second-order valence-corrected chi connectivity index (χ2v) is 6.05. The van der Waals surface area contributed by atoms with Gasteiger partial charge in [-0.3, -0.25) is 0 Å². The number of thioether (sulfide) groups is 1. The van der Waals surface area contributed by atoms with Gasteiger partial charge in [0, 0.05) is 16.3 Å². The molecule has 0 fully saturated rings. The first-order chi connectivity index (χ1) is 9.65. The normalized spacial score (nSPS) is 10.5. The molecule has 2 rings (SSSR count). The topological polar surface area (TPSA) is 35.2 Å². The minimum atomic E-state index is 0.754. The summed E-state index contributed by atoms with van der Waals surface area (Å²) in [6.45, 7) is 4.87. The van der Waals surface area contributed by atoms with Crippen molar-refractivity contribution in [1.29, 1.82) is 0 Å². The molecule has 106 valence electrons. The van der Waals surface area contributed by atoms with E-state index >= 15 is 0 Å². The van der Waals surface area contributed by atoms with Gasteiger partial charge in [-0.1, -0.05) is 12.1 Å². The highest BCUT2D eigenvalue weighted by atomic mass is 32.2. The Morgan fingerprint density at radius 1 is 1.10 bits per heavy atom. The Hall–Kier alpha value is -1.61. The maximum atomic E-state index is 5.81. The fourth-order valence-electron chi connectivity index (χ4n) is 1.88. The van der Waals surface area contributed by atoms with Gasteiger partial charge in [0.1, 0.15) is 5.75 Å². The van der Waals surface area contributed by atoms with Gasteiger partial charge in [0.15, 0.2) is 0 Å². The third-order valence-electron chi connectivity index (χ3n) is 3.06. The zero-order chi connectivity index (χ0) is 14.4. The van der Waals surface area contributed by atoms with Crippen molar-refractivity contribution in [2.24, 2.45) is 0 Å². The average Bonchev–Trinajstić information content (AvgIpc) is 2.42. The van der Waals surface area contributed by atoms with Crippen LogP contribution in [0.3, 0.4) is 0 Å².